The van der Waals surface area contributed by atoms with Crippen LogP contribution in [0.15, 0.2) is 22.9 Å². The monoisotopic (exact) mass is 405 g/mol. The first-order chi connectivity index (χ1) is 11.8. The van der Waals surface area contributed by atoms with Gasteiger partial charge in [0, 0.05) is 31.5 Å². The van der Waals surface area contributed by atoms with Gasteiger partial charge in [0.05, 0.1) is 21.6 Å². The Balaban J connectivity index is 1.65. The van der Waals surface area contributed by atoms with Crippen LogP contribution in [0.1, 0.15) is 33.1 Å². The molecule has 0 radical (unpaired) electrons. The molecule has 3 rings (SSSR count). The lowest BCUT2D eigenvalue weighted by molar-refractivity contribution is 0.0945. The van der Waals surface area contributed by atoms with E-state index in [2.05, 4.69) is 36.5 Å². The van der Waals surface area contributed by atoms with E-state index in [1.807, 2.05) is 38.7 Å². The molecule has 0 atom stereocenters. The average Bonchev–Trinajstić information content (AvgIpc) is 3.22. The van der Waals surface area contributed by atoms with Crippen molar-refractivity contribution in [3.63, 3.8) is 0 Å². The molecule has 8 nitrogen and oxygen atoms in total. The molecule has 0 bridgehead atoms. The standard InChI is InChI=1S/C16H20BrN7O/c1-10-13(8-22(4)19-10)7-18-16(25)14-5-6-23(21-14)9-24-12(3)15(17)11(2)20-24/h5-6,8H,7,9H2,1-4H3,(H,18,25). The maximum atomic E-state index is 12.3. The van der Waals surface area contributed by atoms with Gasteiger partial charge in [0.1, 0.15) is 12.4 Å². The molecule has 3 aromatic rings. The number of halogens is 1. The van der Waals surface area contributed by atoms with Crippen molar-refractivity contribution in [2.24, 2.45) is 7.05 Å². The third-order valence-electron chi connectivity index (χ3n) is 4.00. The van der Waals surface area contributed by atoms with Crippen LogP contribution in [0.4, 0.5) is 0 Å². The molecule has 0 aromatic carbocycles. The molecule has 0 spiro atoms. The Morgan fingerprint density at radius 2 is 1.96 bits per heavy atom. The number of hydrogen-bond acceptors (Lipinski definition) is 4. The van der Waals surface area contributed by atoms with Crippen molar-refractivity contribution in [1.82, 2.24) is 34.7 Å². The minimum atomic E-state index is -0.212. The first-order valence-corrected chi connectivity index (χ1v) is 8.64. The van der Waals surface area contributed by atoms with Crippen LogP contribution < -0.4 is 5.32 Å². The molecule has 0 fully saturated rings. The molecule has 0 saturated carbocycles. The lowest BCUT2D eigenvalue weighted by atomic mass is 10.2. The van der Waals surface area contributed by atoms with Gasteiger partial charge in [-0.3, -0.25) is 14.2 Å². The Hall–Kier alpha value is -2.42. The summed E-state index contributed by atoms with van der Waals surface area (Å²) < 4.78 is 6.26. The zero-order chi connectivity index (χ0) is 18.1. The van der Waals surface area contributed by atoms with Crippen molar-refractivity contribution >= 4 is 21.8 Å². The highest BCUT2D eigenvalue weighted by Crippen LogP contribution is 2.19. The van der Waals surface area contributed by atoms with Crippen molar-refractivity contribution in [2.75, 3.05) is 0 Å². The highest BCUT2D eigenvalue weighted by Gasteiger charge is 2.13. The van der Waals surface area contributed by atoms with Crippen molar-refractivity contribution < 1.29 is 4.79 Å². The van der Waals surface area contributed by atoms with Gasteiger partial charge in [0.15, 0.2) is 0 Å². The van der Waals surface area contributed by atoms with Crippen LogP contribution in [0, 0.1) is 20.8 Å². The minimum Gasteiger partial charge on any atom is -0.346 e. The van der Waals surface area contributed by atoms with Crippen molar-refractivity contribution in [1.29, 1.82) is 0 Å². The molecular formula is C16H20BrN7O. The molecule has 0 unspecified atom stereocenters. The summed E-state index contributed by atoms with van der Waals surface area (Å²) in [6, 6.07) is 1.70. The van der Waals surface area contributed by atoms with Gasteiger partial charge in [-0.1, -0.05) is 0 Å². The van der Waals surface area contributed by atoms with Gasteiger partial charge in [-0.05, 0) is 42.8 Å². The van der Waals surface area contributed by atoms with E-state index in [0.717, 1.165) is 27.1 Å². The predicted octanol–water partition coefficient (Wildman–Crippen LogP) is 1.94. The third kappa shape index (κ3) is 3.65. The smallest absolute Gasteiger partial charge is 0.272 e. The number of amides is 1. The van der Waals surface area contributed by atoms with Gasteiger partial charge in [-0.2, -0.15) is 15.3 Å². The molecule has 0 saturated heterocycles. The largest absolute Gasteiger partial charge is 0.346 e. The van der Waals surface area contributed by atoms with Crippen LogP contribution in [0.5, 0.6) is 0 Å². The number of aromatic nitrogens is 6. The maximum Gasteiger partial charge on any atom is 0.272 e. The zero-order valence-corrected chi connectivity index (χ0v) is 16.2. The summed E-state index contributed by atoms with van der Waals surface area (Å²) in [6.07, 6.45) is 3.67. The number of nitrogens with zero attached hydrogens (tertiary/aromatic N) is 6. The molecule has 3 heterocycles. The quantitative estimate of drug-likeness (QED) is 0.702. The normalized spacial score (nSPS) is 11.1. The van der Waals surface area contributed by atoms with E-state index in [-0.39, 0.29) is 5.91 Å². The molecule has 25 heavy (non-hydrogen) atoms. The molecule has 0 aliphatic rings. The number of carbonyl (C=O) groups is 1. The Morgan fingerprint density at radius 1 is 1.20 bits per heavy atom. The first-order valence-electron chi connectivity index (χ1n) is 7.85. The van der Waals surface area contributed by atoms with Crippen molar-refractivity contribution in [2.45, 2.75) is 34.0 Å². The van der Waals surface area contributed by atoms with Gasteiger partial charge in [-0.15, -0.1) is 0 Å². The second-order valence-corrected chi connectivity index (χ2v) is 6.76. The molecule has 9 heteroatoms. The van der Waals surface area contributed by atoms with Crippen molar-refractivity contribution in [3.05, 3.63) is 51.3 Å². The van der Waals surface area contributed by atoms with Crippen LogP contribution in [0.3, 0.4) is 0 Å². The fourth-order valence-corrected chi connectivity index (χ4v) is 2.88. The van der Waals surface area contributed by atoms with Crippen LogP contribution in [-0.4, -0.2) is 35.2 Å². The number of hydrogen-bond donors (Lipinski definition) is 1. The SMILES string of the molecule is Cc1nn(C)cc1CNC(=O)c1ccn(Cn2nc(C)c(Br)c2C)n1. The van der Waals surface area contributed by atoms with E-state index in [0.29, 0.717) is 18.9 Å². The van der Waals surface area contributed by atoms with Crippen LogP contribution in [0.25, 0.3) is 0 Å². The predicted molar refractivity (Wildman–Crippen MR) is 96.1 cm³/mol. The summed E-state index contributed by atoms with van der Waals surface area (Å²) >= 11 is 3.51. The number of carbonyl (C=O) groups excluding carboxylic acids is 1. The summed E-state index contributed by atoms with van der Waals surface area (Å²) in [5.74, 6) is -0.212. The van der Waals surface area contributed by atoms with Crippen LogP contribution in [-0.2, 0) is 20.3 Å². The minimum absolute atomic E-state index is 0.212. The van der Waals surface area contributed by atoms with Crippen molar-refractivity contribution in [3.8, 4) is 0 Å². The van der Waals surface area contributed by atoms with E-state index in [9.17, 15) is 4.79 Å². The van der Waals surface area contributed by atoms with Gasteiger partial charge in [0.25, 0.3) is 5.91 Å². The summed E-state index contributed by atoms with van der Waals surface area (Å²) in [5.41, 5.74) is 4.22. The summed E-state index contributed by atoms with van der Waals surface area (Å²) in [7, 11) is 1.86. The van der Waals surface area contributed by atoms with E-state index in [4.69, 9.17) is 0 Å². The van der Waals surface area contributed by atoms with E-state index in [1.165, 1.54) is 0 Å². The van der Waals surface area contributed by atoms with Crippen LogP contribution >= 0.6 is 15.9 Å². The Kier molecular flexibility index (Phi) is 4.76. The van der Waals surface area contributed by atoms with E-state index >= 15 is 0 Å². The Bertz CT molecular complexity index is 921. The zero-order valence-electron chi connectivity index (χ0n) is 14.6. The summed E-state index contributed by atoms with van der Waals surface area (Å²) in [5, 5.41) is 15.9. The van der Waals surface area contributed by atoms with Crippen LogP contribution in [0.2, 0.25) is 0 Å². The maximum absolute atomic E-state index is 12.3. The van der Waals surface area contributed by atoms with Gasteiger partial charge in [-0.25, -0.2) is 4.68 Å². The molecule has 0 aliphatic heterocycles. The molecule has 0 aliphatic carbocycles. The summed E-state index contributed by atoms with van der Waals surface area (Å²) in [4.78, 5) is 12.3. The lowest BCUT2D eigenvalue weighted by Gasteiger charge is -2.05. The second-order valence-electron chi connectivity index (χ2n) is 5.96. The fourth-order valence-electron chi connectivity index (χ4n) is 2.60. The lowest BCUT2D eigenvalue weighted by Crippen LogP contribution is -2.24. The third-order valence-corrected chi connectivity index (χ3v) is 5.15. The van der Waals surface area contributed by atoms with Gasteiger partial charge < -0.3 is 5.32 Å². The average molecular weight is 406 g/mol. The summed E-state index contributed by atoms with van der Waals surface area (Å²) in [6.45, 7) is 6.72. The topological polar surface area (TPSA) is 82.6 Å². The molecular weight excluding hydrogens is 386 g/mol. The molecule has 132 valence electrons. The highest BCUT2D eigenvalue weighted by molar-refractivity contribution is 9.10. The molecule has 1 amide bonds. The fraction of sp³-hybridized carbons (Fsp3) is 0.375. The molecule has 1 N–H and O–H groups in total. The number of aryl methyl sites for hydroxylation is 3. The van der Waals surface area contributed by atoms with E-state index < -0.39 is 0 Å². The first kappa shape index (κ1) is 17.4. The molecule has 3 aromatic heterocycles. The number of rotatable bonds is 5. The highest BCUT2D eigenvalue weighted by atomic mass is 79.9. The van der Waals surface area contributed by atoms with Gasteiger partial charge in [0.2, 0.25) is 0 Å². The van der Waals surface area contributed by atoms with E-state index in [1.54, 1.807) is 21.6 Å². The Labute approximate surface area is 154 Å². The Morgan fingerprint density at radius 3 is 2.56 bits per heavy atom. The second kappa shape index (κ2) is 6.83. The number of nitrogens with one attached hydrogen (secondary N) is 1. The van der Waals surface area contributed by atoms with Gasteiger partial charge >= 0.3 is 0 Å².